The molecule has 7 nitrogen and oxygen atoms in total. The Balaban J connectivity index is 1.80. The molecule has 26 heavy (non-hydrogen) atoms. The van der Waals surface area contributed by atoms with E-state index < -0.39 is 0 Å². The van der Waals surface area contributed by atoms with Gasteiger partial charge in [-0.1, -0.05) is 36.6 Å². The van der Waals surface area contributed by atoms with E-state index >= 15 is 0 Å². The van der Waals surface area contributed by atoms with Gasteiger partial charge in [0.2, 0.25) is 5.91 Å². The molecule has 0 bridgehead atoms. The van der Waals surface area contributed by atoms with Gasteiger partial charge in [-0.3, -0.25) is 9.59 Å². The van der Waals surface area contributed by atoms with Crippen LogP contribution < -0.4 is 10.1 Å². The summed E-state index contributed by atoms with van der Waals surface area (Å²) in [5.41, 5.74) is 0.467. The van der Waals surface area contributed by atoms with Gasteiger partial charge in [-0.2, -0.15) is 0 Å². The zero-order valence-corrected chi connectivity index (χ0v) is 14.8. The Kier molecular flexibility index (Phi) is 5.88. The number of para-hydroxylation sites is 1. The normalized spacial score (nSPS) is 14.7. The number of amides is 2. The lowest BCUT2D eigenvalue weighted by molar-refractivity contribution is -0.117. The number of hydrogen-bond acceptors (Lipinski definition) is 5. The number of carbonyl (C=O) groups is 2. The van der Waals surface area contributed by atoms with Gasteiger partial charge in [0.05, 0.1) is 12.7 Å². The maximum atomic E-state index is 13.2. The quantitative estimate of drug-likeness (QED) is 0.859. The molecule has 2 amide bonds. The van der Waals surface area contributed by atoms with Crippen molar-refractivity contribution < 1.29 is 18.8 Å². The summed E-state index contributed by atoms with van der Waals surface area (Å²) in [5, 5.41) is 6.33. The number of nitrogens with zero attached hydrogens (tertiary/aromatic N) is 2. The van der Waals surface area contributed by atoms with Crippen LogP contribution in [0.3, 0.4) is 0 Å². The number of hydrogen-bond donors (Lipinski definition) is 1. The maximum Gasteiger partial charge on any atom is 0.258 e. The molecular formula is C19H23N3O4. The molecule has 1 aromatic heterocycles. The zero-order chi connectivity index (χ0) is 18.4. The van der Waals surface area contributed by atoms with Crippen LogP contribution in [0.25, 0.3) is 0 Å². The monoisotopic (exact) mass is 357 g/mol. The van der Waals surface area contributed by atoms with Crippen molar-refractivity contribution >= 4 is 17.6 Å². The molecule has 0 atom stereocenters. The molecule has 1 aliphatic carbocycles. The van der Waals surface area contributed by atoms with E-state index in [0.29, 0.717) is 17.1 Å². The molecule has 0 unspecified atom stereocenters. The summed E-state index contributed by atoms with van der Waals surface area (Å²) < 4.78 is 10.0. The maximum absolute atomic E-state index is 13.2. The summed E-state index contributed by atoms with van der Waals surface area (Å²) in [6.45, 7) is -0.0333. The van der Waals surface area contributed by atoms with E-state index in [0.717, 1.165) is 25.7 Å². The summed E-state index contributed by atoms with van der Waals surface area (Å²) in [5.74, 6) is 0.357. The predicted molar refractivity (Wildman–Crippen MR) is 96.0 cm³/mol. The van der Waals surface area contributed by atoms with Gasteiger partial charge >= 0.3 is 0 Å². The Morgan fingerprint density at radius 2 is 2.00 bits per heavy atom. The number of ether oxygens (including phenoxy) is 1. The first-order chi connectivity index (χ1) is 12.7. The van der Waals surface area contributed by atoms with Crippen LogP contribution in [0.15, 0.2) is 41.1 Å². The van der Waals surface area contributed by atoms with Gasteiger partial charge in [0.15, 0.2) is 5.82 Å². The Labute approximate surface area is 152 Å². The first-order valence-electron chi connectivity index (χ1n) is 8.83. The summed E-state index contributed by atoms with van der Waals surface area (Å²) >= 11 is 0. The van der Waals surface area contributed by atoms with Crippen molar-refractivity contribution in [1.29, 1.82) is 0 Å². The van der Waals surface area contributed by atoms with E-state index in [2.05, 4.69) is 10.5 Å². The third-order valence-electron chi connectivity index (χ3n) is 4.63. The highest BCUT2D eigenvalue weighted by molar-refractivity contribution is 6.00. The first kappa shape index (κ1) is 18.0. The average molecular weight is 357 g/mol. The number of benzene rings is 1. The lowest BCUT2D eigenvalue weighted by Gasteiger charge is -2.34. The number of carbonyl (C=O) groups excluding carboxylic acids is 2. The Morgan fingerprint density at radius 1 is 1.23 bits per heavy atom. The van der Waals surface area contributed by atoms with Gasteiger partial charge in [-0.05, 0) is 25.0 Å². The van der Waals surface area contributed by atoms with E-state index in [1.165, 1.54) is 19.8 Å². The van der Waals surface area contributed by atoms with E-state index in [-0.39, 0.29) is 24.4 Å². The molecule has 0 spiro atoms. The second-order valence-corrected chi connectivity index (χ2v) is 6.36. The highest BCUT2D eigenvalue weighted by atomic mass is 16.5. The van der Waals surface area contributed by atoms with Crippen LogP contribution in [-0.2, 0) is 4.79 Å². The largest absolute Gasteiger partial charge is 0.496 e. The molecule has 0 radical (unpaired) electrons. The Morgan fingerprint density at radius 3 is 2.69 bits per heavy atom. The third kappa shape index (κ3) is 4.22. The SMILES string of the molecule is COc1ccccc1C(=O)N(CC(=O)Nc1ccon1)C1CCCCC1. The topological polar surface area (TPSA) is 84.7 Å². The van der Waals surface area contributed by atoms with Crippen LogP contribution in [0.1, 0.15) is 42.5 Å². The fraction of sp³-hybridized carbons (Fsp3) is 0.421. The number of anilines is 1. The molecule has 3 rings (SSSR count). The Hall–Kier alpha value is -2.83. The highest BCUT2D eigenvalue weighted by Gasteiger charge is 2.29. The van der Waals surface area contributed by atoms with E-state index in [9.17, 15) is 9.59 Å². The molecule has 7 heteroatoms. The molecule has 0 saturated heterocycles. The molecule has 1 fully saturated rings. The van der Waals surface area contributed by atoms with E-state index in [1.807, 2.05) is 6.07 Å². The molecule has 1 N–H and O–H groups in total. The zero-order valence-electron chi connectivity index (χ0n) is 14.8. The van der Waals surface area contributed by atoms with Crippen molar-refractivity contribution in [2.75, 3.05) is 19.0 Å². The summed E-state index contributed by atoms with van der Waals surface area (Å²) in [6.07, 6.45) is 6.47. The average Bonchev–Trinajstić information content (AvgIpc) is 3.19. The first-order valence-corrected chi connectivity index (χ1v) is 8.83. The van der Waals surface area contributed by atoms with Crippen LogP contribution in [0.2, 0.25) is 0 Å². The predicted octanol–water partition coefficient (Wildman–Crippen LogP) is 3.10. The number of nitrogens with one attached hydrogen (secondary N) is 1. The molecule has 1 heterocycles. The van der Waals surface area contributed by atoms with Gasteiger partial charge in [-0.25, -0.2) is 0 Å². The van der Waals surface area contributed by atoms with Gasteiger partial charge < -0.3 is 19.5 Å². The van der Waals surface area contributed by atoms with Crippen molar-refractivity contribution in [3.05, 3.63) is 42.2 Å². The lowest BCUT2D eigenvalue weighted by atomic mass is 9.93. The van der Waals surface area contributed by atoms with Crippen molar-refractivity contribution in [3.63, 3.8) is 0 Å². The molecule has 1 saturated carbocycles. The van der Waals surface area contributed by atoms with E-state index in [1.54, 1.807) is 29.2 Å². The number of rotatable bonds is 6. The molecule has 2 aromatic rings. The fourth-order valence-corrected chi connectivity index (χ4v) is 3.35. The summed E-state index contributed by atoms with van der Waals surface area (Å²) in [6, 6.07) is 8.70. The van der Waals surface area contributed by atoms with Crippen molar-refractivity contribution in [2.24, 2.45) is 0 Å². The number of methoxy groups -OCH3 is 1. The molecular weight excluding hydrogens is 334 g/mol. The van der Waals surface area contributed by atoms with Crippen LogP contribution >= 0.6 is 0 Å². The third-order valence-corrected chi connectivity index (χ3v) is 4.63. The minimum atomic E-state index is -0.298. The summed E-state index contributed by atoms with van der Waals surface area (Å²) in [7, 11) is 1.54. The van der Waals surface area contributed by atoms with Crippen LogP contribution in [-0.4, -0.2) is 41.6 Å². The standard InChI is InChI=1S/C19H23N3O4/c1-25-16-10-6-5-9-15(16)19(24)22(14-7-3-2-4-8-14)13-18(23)20-17-11-12-26-21-17/h5-6,9-12,14H,2-4,7-8,13H2,1H3,(H,20,21,23). The second-order valence-electron chi connectivity index (χ2n) is 6.36. The molecule has 1 aliphatic rings. The van der Waals surface area contributed by atoms with Crippen molar-refractivity contribution in [1.82, 2.24) is 10.1 Å². The van der Waals surface area contributed by atoms with E-state index in [4.69, 9.17) is 9.26 Å². The molecule has 1 aromatic carbocycles. The van der Waals surface area contributed by atoms with Crippen LogP contribution in [0.4, 0.5) is 5.82 Å². The highest BCUT2D eigenvalue weighted by Crippen LogP contribution is 2.26. The van der Waals surface area contributed by atoms with Crippen LogP contribution in [0.5, 0.6) is 5.75 Å². The summed E-state index contributed by atoms with van der Waals surface area (Å²) in [4.78, 5) is 27.3. The van der Waals surface area contributed by atoms with Gasteiger partial charge in [-0.15, -0.1) is 0 Å². The molecule has 138 valence electrons. The fourth-order valence-electron chi connectivity index (χ4n) is 3.35. The number of aromatic nitrogens is 1. The smallest absolute Gasteiger partial charge is 0.258 e. The van der Waals surface area contributed by atoms with Crippen molar-refractivity contribution in [2.45, 2.75) is 38.1 Å². The van der Waals surface area contributed by atoms with Crippen molar-refractivity contribution in [3.8, 4) is 5.75 Å². The molecule has 0 aliphatic heterocycles. The lowest BCUT2D eigenvalue weighted by Crippen LogP contribution is -2.45. The second kappa shape index (κ2) is 8.51. The van der Waals surface area contributed by atoms with Gasteiger partial charge in [0, 0.05) is 12.1 Å². The minimum absolute atomic E-state index is 0.0333. The van der Waals surface area contributed by atoms with Gasteiger partial charge in [0.25, 0.3) is 5.91 Å². The van der Waals surface area contributed by atoms with Gasteiger partial charge in [0.1, 0.15) is 18.6 Å². The Bertz CT molecular complexity index is 739. The minimum Gasteiger partial charge on any atom is -0.496 e. The van der Waals surface area contributed by atoms with Crippen LogP contribution in [0, 0.1) is 0 Å².